The molecule has 0 unspecified atom stereocenters. The van der Waals surface area contributed by atoms with Gasteiger partial charge in [0.2, 0.25) is 5.91 Å². The molecule has 0 bridgehead atoms. The van der Waals surface area contributed by atoms with Crippen molar-refractivity contribution in [1.82, 2.24) is 10.2 Å². The molecule has 6 nitrogen and oxygen atoms in total. The molecule has 0 aromatic heterocycles. The number of nitrogens with zero attached hydrogens (tertiary/aromatic N) is 1. The minimum Gasteiger partial charge on any atom is -0.497 e. The van der Waals surface area contributed by atoms with Gasteiger partial charge in [0.25, 0.3) is 5.91 Å². The SMILES string of the molecule is CC[C@H](C(=O)NC(C)C)N(Cc1cccc(OC)c1)C(=O)COc1cc(C)cc(C)c1. The van der Waals surface area contributed by atoms with Gasteiger partial charge in [0.05, 0.1) is 7.11 Å². The highest BCUT2D eigenvalue weighted by Gasteiger charge is 2.29. The number of rotatable bonds is 10. The highest BCUT2D eigenvalue weighted by molar-refractivity contribution is 5.88. The maximum atomic E-state index is 13.2. The van der Waals surface area contributed by atoms with Crippen LogP contribution in [0.1, 0.15) is 43.9 Å². The molecule has 6 heteroatoms. The third-order valence-electron chi connectivity index (χ3n) is 4.86. The normalized spacial score (nSPS) is 11.7. The number of nitrogens with one attached hydrogen (secondary N) is 1. The van der Waals surface area contributed by atoms with Crippen LogP contribution in [0.4, 0.5) is 0 Å². The second kappa shape index (κ2) is 11.4. The fourth-order valence-corrected chi connectivity index (χ4v) is 3.51. The Hall–Kier alpha value is -3.02. The van der Waals surface area contributed by atoms with Crippen LogP contribution in [0.5, 0.6) is 11.5 Å². The summed E-state index contributed by atoms with van der Waals surface area (Å²) < 4.78 is 11.1. The molecule has 0 heterocycles. The van der Waals surface area contributed by atoms with E-state index in [1.807, 2.05) is 77.1 Å². The lowest BCUT2D eigenvalue weighted by Crippen LogP contribution is -2.51. The Morgan fingerprint density at radius 3 is 2.29 bits per heavy atom. The molecule has 0 fully saturated rings. The summed E-state index contributed by atoms with van der Waals surface area (Å²) in [6, 6.07) is 12.8. The highest BCUT2D eigenvalue weighted by Crippen LogP contribution is 2.19. The predicted octanol–water partition coefficient (Wildman–Crippen LogP) is 4.02. The van der Waals surface area contributed by atoms with Gasteiger partial charge in [0.15, 0.2) is 6.61 Å². The van der Waals surface area contributed by atoms with Crippen molar-refractivity contribution in [1.29, 1.82) is 0 Å². The van der Waals surface area contributed by atoms with Crippen LogP contribution in [0, 0.1) is 13.8 Å². The van der Waals surface area contributed by atoms with Gasteiger partial charge in [0.1, 0.15) is 17.5 Å². The van der Waals surface area contributed by atoms with Crippen LogP contribution in [0.15, 0.2) is 42.5 Å². The second-order valence-electron chi connectivity index (χ2n) is 8.07. The van der Waals surface area contributed by atoms with E-state index < -0.39 is 6.04 Å². The van der Waals surface area contributed by atoms with Crippen molar-refractivity contribution in [3.63, 3.8) is 0 Å². The maximum absolute atomic E-state index is 13.2. The van der Waals surface area contributed by atoms with E-state index in [1.165, 1.54) is 0 Å². The zero-order chi connectivity index (χ0) is 23.0. The van der Waals surface area contributed by atoms with Crippen LogP contribution in [0.2, 0.25) is 0 Å². The van der Waals surface area contributed by atoms with Crippen LogP contribution in [-0.4, -0.2) is 42.5 Å². The van der Waals surface area contributed by atoms with Crippen molar-refractivity contribution in [3.05, 3.63) is 59.2 Å². The first-order valence-corrected chi connectivity index (χ1v) is 10.7. The Kier molecular flexibility index (Phi) is 8.91. The average molecular weight is 427 g/mol. The number of hydrogen-bond donors (Lipinski definition) is 1. The van der Waals surface area contributed by atoms with Crippen molar-refractivity contribution in [3.8, 4) is 11.5 Å². The van der Waals surface area contributed by atoms with Crippen molar-refractivity contribution >= 4 is 11.8 Å². The van der Waals surface area contributed by atoms with Crippen LogP contribution in [0.25, 0.3) is 0 Å². The van der Waals surface area contributed by atoms with Crippen LogP contribution in [0.3, 0.4) is 0 Å². The number of methoxy groups -OCH3 is 1. The molecule has 2 rings (SSSR count). The molecular formula is C25H34N2O4. The van der Waals surface area contributed by atoms with Crippen LogP contribution in [-0.2, 0) is 16.1 Å². The number of hydrogen-bond acceptors (Lipinski definition) is 4. The van der Waals surface area contributed by atoms with Gasteiger partial charge >= 0.3 is 0 Å². The molecule has 1 atom stereocenters. The Morgan fingerprint density at radius 1 is 1.03 bits per heavy atom. The van der Waals surface area contributed by atoms with Gasteiger partial charge in [-0.25, -0.2) is 0 Å². The van der Waals surface area contributed by atoms with Crippen molar-refractivity contribution in [2.75, 3.05) is 13.7 Å². The Balaban J connectivity index is 2.25. The van der Waals surface area contributed by atoms with Crippen molar-refractivity contribution < 1.29 is 19.1 Å². The van der Waals surface area contributed by atoms with E-state index in [2.05, 4.69) is 5.32 Å². The molecule has 0 aliphatic heterocycles. The molecule has 0 aliphatic rings. The molecule has 168 valence electrons. The zero-order valence-corrected chi connectivity index (χ0v) is 19.4. The summed E-state index contributed by atoms with van der Waals surface area (Å²) >= 11 is 0. The molecule has 2 amide bonds. The van der Waals surface area contributed by atoms with E-state index in [0.717, 1.165) is 16.7 Å². The summed E-state index contributed by atoms with van der Waals surface area (Å²) in [5.74, 6) is 0.941. The molecule has 0 spiro atoms. The number of amides is 2. The Bertz CT molecular complexity index is 875. The van der Waals surface area contributed by atoms with E-state index in [1.54, 1.807) is 12.0 Å². The van der Waals surface area contributed by atoms with Crippen LogP contribution >= 0.6 is 0 Å². The number of ether oxygens (including phenoxy) is 2. The smallest absolute Gasteiger partial charge is 0.261 e. The van der Waals surface area contributed by atoms with Crippen LogP contribution < -0.4 is 14.8 Å². The number of carbonyl (C=O) groups excluding carboxylic acids is 2. The van der Waals surface area contributed by atoms with E-state index in [0.29, 0.717) is 17.9 Å². The molecule has 31 heavy (non-hydrogen) atoms. The zero-order valence-electron chi connectivity index (χ0n) is 19.4. The summed E-state index contributed by atoms with van der Waals surface area (Å²) in [4.78, 5) is 27.7. The molecule has 1 N–H and O–H groups in total. The van der Waals surface area contributed by atoms with Gasteiger partial charge < -0.3 is 19.7 Å². The molecule has 2 aromatic rings. The van der Waals surface area contributed by atoms with E-state index in [4.69, 9.17) is 9.47 Å². The Labute approximate surface area is 185 Å². The lowest BCUT2D eigenvalue weighted by atomic mass is 10.1. The van der Waals surface area contributed by atoms with E-state index >= 15 is 0 Å². The van der Waals surface area contributed by atoms with Gasteiger partial charge in [-0.3, -0.25) is 9.59 Å². The van der Waals surface area contributed by atoms with Gasteiger partial charge in [-0.05, 0) is 75.1 Å². The molecule has 0 radical (unpaired) electrons. The highest BCUT2D eigenvalue weighted by atomic mass is 16.5. The molecule has 0 saturated carbocycles. The summed E-state index contributed by atoms with van der Waals surface area (Å²) in [6.45, 7) is 9.83. The van der Waals surface area contributed by atoms with Gasteiger partial charge in [0, 0.05) is 12.6 Å². The number of carbonyl (C=O) groups is 2. The largest absolute Gasteiger partial charge is 0.497 e. The third kappa shape index (κ3) is 7.31. The van der Waals surface area contributed by atoms with Crippen molar-refractivity contribution in [2.45, 2.75) is 59.7 Å². The van der Waals surface area contributed by atoms with Gasteiger partial charge in [-0.15, -0.1) is 0 Å². The fraction of sp³-hybridized carbons (Fsp3) is 0.440. The first-order valence-electron chi connectivity index (χ1n) is 10.7. The molecule has 0 aliphatic carbocycles. The molecule has 2 aromatic carbocycles. The van der Waals surface area contributed by atoms with Gasteiger partial charge in [-0.2, -0.15) is 0 Å². The van der Waals surface area contributed by atoms with E-state index in [-0.39, 0.29) is 31.0 Å². The number of aryl methyl sites for hydroxylation is 2. The maximum Gasteiger partial charge on any atom is 0.261 e. The minimum atomic E-state index is -0.594. The lowest BCUT2D eigenvalue weighted by Gasteiger charge is -2.31. The van der Waals surface area contributed by atoms with Gasteiger partial charge in [-0.1, -0.05) is 25.1 Å². The number of benzene rings is 2. The topological polar surface area (TPSA) is 67.9 Å². The monoisotopic (exact) mass is 426 g/mol. The summed E-state index contributed by atoms with van der Waals surface area (Å²) in [5, 5.41) is 2.93. The third-order valence-corrected chi connectivity index (χ3v) is 4.86. The average Bonchev–Trinajstić information content (AvgIpc) is 2.70. The second-order valence-corrected chi connectivity index (χ2v) is 8.07. The summed E-state index contributed by atoms with van der Waals surface area (Å²) in [6.07, 6.45) is 0.498. The predicted molar refractivity (Wildman–Crippen MR) is 122 cm³/mol. The fourth-order valence-electron chi connectivity index (χ4n) is 3.51. The minimum absolute atomic E-state index is 0.0122. The Morgan fingerprint density at radius 2 is 1.71 bits per heavy atom. The lowest BCUT2D eigenvalue weighted by molar-refractivity contribution is -0.143. The quantitative estimate of drug-likeness (QED) is 0.623. The first kappa shape index (κ1) is 24.3. The molecular weight excluding hydrogens is 392 g/mol. The molecule has 0 saturated heterocycles. The van der Waals surface area contributed by atoms with E-state index in [9.17, 15) is 9.59 Å². The summed E-state index contributed by atoms with van der Waals surface area (Å²) in [7, 11) is 1.60. The van der Waals surface area contributed by atoms with Crippen molar-refractivity contribution in [2.24, 2.45) is 0 Å². The summed E-state index contributed by atoms with van der Waals surface area (Å²) in [5.41, 5.74) is 3.02. The first-order chi connectivity index (χ1) is 14.7. The standard InChI is InChI=1S/C25H34N2O4/c1-7-23(25(29)26-17(2)3)27(15-20-9-8-10-21(14-20)30-6)24(28)16-31-22-12-18(4)11-19(5)13-22/h8-14,17,23H,7,15-16H2,1-6H3,(H,26,29)/t23-/m1/s1.